The van der Waals surface area contributed by atoms with Crippen LogP contribution in [-0.2, 0) is 0 Å². The summed E-state index contributed by atoms with van der Waals surface area (Å²) in [5, 5.41) is 2.69. The highest BCUT2D eigenvalue weighted by Gasteiger charge is 2.18. The van der Waals surface area contributed by atoms with Gasteiger partial charge in [0.05, 0.1) is 13.6 Å². The lowest BCUT2D eigenvalue weighted by molar-refractivity contribution is 1.13. The minimum Gasteiger partial charge on any atom is -0.316 e. The molecule has 1 nitrogen and oxygen atoms in total. The standard InChI is InChI=1S/C59H47NSi/c1-61(2,3)56-31-26-47(27-32-56)46-24-29-55(30-25-46)60-41-58(54-38-51(44-20-12-6-13-21-44)35-52(39-54)45-22-14-7-15-23-45)57-40-48(28-33-59(57)60)53-36-49(42-16-8-4-9-17-42)34-50(37-53)43-18-10-5-11-19-43/h4-41H,1-3H3. The third-order valence-electron chi connectivity index (χ3n) is 12.0. The summed E-state index contributed by atoms with van der Waals surface area (Å²) in [6.07, 6.45) is 2.35. The van der Waals surface area contributed by atoms with Crippen molar-refractivity contribution in [3.8, 4) is 83.6 Å². The second-order valence-electron chi connectivity index (χ2n) is 17.1. The zero-order valence-corrected chi connectivity index (χ0v) is 35.9. The number of fused-ring (bicyclic) bond motifs is 1. The number of rotatable bonds is 9. The van der Waals surface area contributed by atoms with E-state index in [1.165, 1.54) is 94.0 Å². The van der Waals surface area contributed by atoms with Gasteiger partial charge in [0, 0.05) is 22.8 Å². The van der Waals surface area contributed by atoms with Crippen LogP contribution in [0.25, 0.3) is 94.5 Å². The lowest BCUT2D eigenvalue weighted by atomic mass is 9.91. The summed E-state index contributed by atoms with van der Waals surface area (Å²) in [6, 6.07) is 82.3. The van der Waals surface area contributed by atoms with Crippen molar-refractivity contribution in [2.75, 3.05) is 0 Å². The van der Waals surface area contributed by atoms with Crippen LogP contribution in [0, 0.1) is 0 Å². The lowest BCUT2D eigenvalue weighted by Crippen LogP contribution is -2.37. The molecule has 10 aromatic rings. The molecule has 2 heteroatoms. The number of benzene rings is 9. The van der Waals surface area contributed by atoms with Gasteiger partial charge in [0.25, 0.3) is 0 Å². The Labute approximate surface area is 360 Å². The van der Waals surface area contributed by atoms with Crippen LogP contribution in [0.3, 0.4) is 0 Å². The first-order valence-corrected chi connectivity index (χ1v) is 24.7. The van der Waals surface area contributed by atoms with Gasteiger partial charge in [-0.1, -0.05) is 189 Å². The molecule has 10 rings (SSSR count). The smallest absolute Gasteiger partial charge is 0.0775 e. The predicted molar refractivity (Wildman–Crippen MR) is 264 cm³/mol. The predicted octanol–water partition coefficient (Wildman–Crippen LogP) is 15.8. The van der Waals surface area contributed by atoms with Gasteiger partial charge in [-0.25, -0.2) is 0 Å². The van der Waals surface area contributed by atoms with Crippen molar-refractivity contribution in [3.63, 3.8) is 0 Å². The second kappa shape index (κ2) is 16.1. The van der Waals surface area contributed by atoms with Crippen LogP contribution in [0.5, 0.6) is 0 Å². The Morgan fingerprint density at radius 2 is 0.639 bits per heavy atom. The van der Waals surface area contributed by atoms with Crippen LogP contribution < -0.4 is 5.19 Å². The third kappa shape index (κ3) is 7.82. The summed E-state index contributed by atoms with van der Waals surface area (Å²) < 4.78 is 2.37. The number of hydrogen-bond donors (Lipinski definition) is 0. The average Bonchev–Trinajstić information content (AvgIpc) is 3.71. The maximum Gasteiger partial charge on any atom is 0.0775 e. The first-order valence-electron chi connectivity index (χ1n) is 21.2. The maximum absolute atomic E-state index is 2.41. The normalized spacial score (nSPS) is 11.5. The van der Waals surface area contributed by atoms with Gasteiger partial charge in [-0.15, -0.1) is 0 Å². The second-order valence-corrected chi connectivity index (χ2v) is 22.2. The Hall–Kier alpha value is -7.26. The van der Waals surface area contributed by atoms with Crippen molar-refractivity contribution in [1.29, 1.82) is 0 Å². The minimum atomic E-state index is -1.37. The molecule has 0 N–H and O–H groups in total. The molecule has 0 saturated carbocycles. The van der Waals surface area contributed by atoms with Crippen LogP contribution in [-0.4, -0.2) is 12.6 Å². The van der Waals surface area contributed by atoms with Crippen molar-refractivity contribution in [3.05, 3.63) is 231 Å². The molecule has 292 valence electrons. The van der Waals surface area contributed by atoms with Crippen molar-refractivity contribution >= 4 is 24.2 Å². The Morgan fingerprint density at radius 3 is 1.05 bits per heavy atom. The number of aromatic nitrogens is 1. The van der Waals surface area contributed by atoms with E-state index in [0.717, 1.165) is 5.69 Å². The van der Waals surface area contributed by atoms with E-state index in [1.807, 2.05) is 0 Å². The molecule has 0 radical (unpaired) electrons. The topological polar surface area (TPSA) is 4.93 Å². The Balaban J connectivity index is 1.16. The fourth-order valence-corrected chi connectivity index (χ4v) is 9.76. The summed E-state index contributed by atoms with van der Waals surface area (Å²) in [5.41, 5.74) is 19.1. The summed E-state index contributed by atoms with van der Waals surface area (Å²) in [7, 11) is -1.37. The number of hydrogen-bond acceptors (Lipinski definition) is 0. The quantitative estimate of drug-likeness (QED) is 0.128. The molecule has 0 aliphatic heterocycles. The van der Waals surface area contributed by atoms with Gasteiger partial charge in [-0.3, -0.25) is 0 Å². The molecule has 0 bridgehead atoms. The van der Waals surface area contributed by atoms with E-state index in [-0.39, 0.29) is 0 Å². The van der Waals surface area contributed by atoms with E-state index in [9.17, 15) is 0 Å². The Bertz CT molecular complexity index is 2990. The molecule has 1 aromatic heterocycles. The Morgan fingerprint density at radius 1 is 0.295 bits per heavy atom. The molecule has 0 fully saturated rings. The van der Waals surface area contributed by atoms with Crippen LogP contribution in [0.2, 0.25) is 19.6 Å². The Kier molecular flexibility index (Phi) is 10.0. The molecular formula is C59H47NSi. The molecule has 9 aromatic carbocycles. The van der Waals surface area contributed by atoms with Crippen molar-refractivity contribution < 1.29 is 0 Å². The first-order chi connectivity index (χ1) is 29.8. The zero-order valence-electron chi connectivity index (χ0n) is 34.9. The minimum absolute atomic E-state index is 1.13. The van der Waals surface area contributed by atoms with E-state index < -0.39 is 8.07 Å². The van der Waals surface area contributed by atoms with Gasteiger partial charge in [0.1, 0.15) is 0 Å². The van der Waals surface area contributed by atoms with Crippen LogP contribution in [0.4, 0.5) is 0 Å². The molecule has 61 heavy (non-hydrogen) atoms. The maximum atomic E-state index is 2.41. The van der Waals surface area contributed by atoms with Gasteiger partial charge in [-0.2, -0.15) is 0 Å². The number of nitrogens with zero attached hydrogens (tertiary/aromatic N) is 1. The van der Waals surface area contributed by atoms with E-state index in [0.29, 0.717) is 0 Å². The summed E-state index contributed by atoms with van der Waals surface area (Å²) in [5.74, 6) is 0. The van der Waals surface area contributed by atoms with Crippen molar-refractivity contribution in [1.82, 2.24) is 4.57 Å². The van der Waals surface area contributed by atoms with Crippen LogP contribution in [0.15, 0.2) is 231 Å². The summed E-state index contributed by atoms with van der Waals surface area (Å²) in [6.45, 7) is 7.21. The highest BCUT2D eigenvalue weighted by molar-refractivity contribution is 6.88. The molecule has 0 unspecified atom stereocenters. The third-order valence-corrected chi connectivity index (χ3v) is 14.0. The fraction of sp³-hybridized carbons (Fsp3) is 0.0508. The fourth-order valence-electron chi connectivity index (χ4n) is 8.60. The van der Waals surface area contributed by atoms with Gasteiger partial charge in [0.15, 0.2) is 0 Å². The van der Waals surface area contributed by atoms with E-state index in [2.05, 4.69) is 255 Å². The highest BCUT2D eigenvalue weighted by Crippen LogP contribution is 2.41. The molecule has 0 spiro atoms. The molecule has 0 amide bonds. The SMILES string of the molecule is C[Si](C)(C)c1ccc(-c2ccc(-n3cc(-c4cc(-c5ccccc5)cc(-c5ccccc5)c4)c4cc(-c5cc(-c6ccccc6)cc(-c6ccccc6)c5)ccc43)cc2)cc1. The average molecular weight is 798 g/mol. The van der Waals surface area contributed by atoms with Gasteiger partial charge in [-0.05, 0) is 133 Å². The van der Waals surface area contributed by atoms with Crippen LogP contribution in [0.1, 0.15) is 0 Å². The molecule has 0 aliphatic rings. The summed E-state index contributed by atoms with van der Waals surface area (Å²) in [4.78, 5) is 0. The molecule has 0 atom stereocenters. The first kappa shape index (κ1) is 38.0. The van der Waals surface area contributed by atoms with E-state index in [4.69, 9.17) is 0 Å². The van der Waals surface area contributed by atoms with Crippen LogP contribution >= 0.6 is 0 Å². The van der Waals surface area contributed by atoms with E-state index >= 15 is 0 Å². The largest absolute Gasteiger partial charge is 0.316 e. The monoisotopic (exact) mass is 797 g/mol. The lowest BCUT2D eigenvalue weighted by Gasteiger charge is -2.17. The van der Waals surface area contributed by atoms with Crippen molar-refractivity contribution in [2.24, 2.45) is 0 Å². The molecular weight excluding hydrogens is 751 g/mol. The molecule has 0 aliphatic carbocycles. The molecule has 0 saturated heterocycles. The summed E-state index contributed by atoms with van der Waals surface area (Å²) >= 11 is 0. The van der Waals surface area contributed by atoms with Crippen molar-refractivity contribution in [2.45, 2.75) is 19.6 Å². The van der Waals surface area contributed by atoms with Gasteiger partial charge < -0.3 is 4.57 Å². The molecule has 1 heterocycles. The van der Waals surface area contributed by atoms with E-state index in [1.54, 1.807) is 0 Å². The zero-order chi connectivity index (χ0) is 41.3. The van der Waals surface area contributed by atoms with Gasteiger partial charge >= 0.3 is 0 Å². The van der Waals surface area contributed by atoms with Gasteiger partial charge in [0.2, 0.25) is 0 Å². The highest BCUT2D eigenvalue weighted by atomic mass is 28.3.